The molecule has 2 aromatic rings. The predicted octanol–water partition coefficient (Wildman–Crippen LogP) is 3.53. The second-order valence-electron chi connectivity index (χ2n) is 4.79. The zero-order valence-corrected chi connectivity index (χ0v) is 13.9. The molecule has 21 heavy (non-hydrogen) atoms. The molecule has 0 saturated heterocycles. The van der Waals surface area contributed by atoms with Crippen LogP contribution in [0.5, 0.6) is 5.88 Å². The second kappa shape index (κ2) is 8.10. The van der Waals surface area contributed by atoms with E-state index in [1.165, 1.54) is 5.56 Å². The Kier molecular flexibility index (Phi) is 6.14. The summed E-state index contributed by atoms with van der Waals surface area (Å²) in [6.45, 7) is 3.10. The third-order valence-corrected chi connectivity index (χ3v) is 4.03. The predicted molar refractivity (Wildman–Crippen MR) is 87.5 cm³/mol. The molecule has 1 heterocycles. The van der Waals surface area contributed by atoms with Gasteiger partial charge in [0.25, 0.3) is 0 Å². The van der Waals surface area contributed by atoms with E-state index in [0.717, 1.165) is 29.6 Å². The Labute approximate surface area is 134 Å². The van der Waals surface area contributed by atoms with Crippen molar-refractivity contribution < 1.29 is 4.74 Å². The molecule has 0 aliphatic heterocycles. The maximum absolute atomic E-state index is 5.20. The average molecular weight is 350 g/mol. The first-order valence-corrected chi connectivity index (χ1v) is 7.86. The van der Waals surface area contributed by atoms with Crippen LogP contribution in [-0.2, 0) is 6.42 Å². The molecule has 0 bridgehead atoms. The summed E-state index contributed by atoms with van der Waals surface area (Å²) in [5.74, 6) is 0.593. The van der Waals surface area contributed by atoms with E-state index in [-0.39, 0.29) is 6.04 Å². The molecule has 112 valence electrons. The van der Waals surface area contributed by atoms with Crippen molar-refractivity contribution in [2.45, 2.75) is 25.8 Å². The minimum atomic E-state index is 0.139. The van der Waals surface area contributed by atoms with Crippen molar-refractivity contribution in [1.82, 2.24) is 15.3 Å². The van der Waals surface area contributed by atoms with Gasteiger partial charge in [0.2, 0.25) is 5.88 Å². The first-order chi connectivity index (χ1) is 10.2. The number of nitrogens with one attached hydrogen (secondary N) is 1. The molecule has 0 saturated carbocycles. The molecule has 4 nitrogen and oxygen atoms in total. The first kappa shape index (κ1) is 15.9. The molecule has 1 atom stereocenters. The fourth-order valence-electron chi connectivity index (χ4n) is 2.14. The van der Waals surface area contributed by atoms with E-state index in [4.69, 9.17) is 4.74 Å². The second-order valence-corrected chi connectivity index (χ2v) is 5.64. The van der Waals surface area contributed by atoms with Crippen LogP contribution in [-0.4, -0.2) is 23.6 Å². The third kappa shape index (κ3) is 4.51. The van der Waals surface area contributed by atoms with Gasteiger partial charge in [-0.15, -0.1) is 0 Å². The number of rotatable bonds is 7. The van der Waals surface area contributed by atoms with E-state index in [9.17, 15) is 0 Å². The van der Waals surface area contributed by atoms with Crippen LogP contribution in [0.3, 0.4) is 0 Å². The van der Waals surface area contributed by atoms with Gasteiger partial charge in [0.05, 0.1) is 18.8 Å². The van der Waals surface area contributed by atoms with Crippen molar-refractivity contribution in [2.75, 3.05) is 13.7 Å². The molecule has 0 fully saturated rings. The zero-order chi connectivity index (χ0) is 15.1. The average Bonchev–Trinajstić information content (AvgIpc) is 2.53. The Hall–Kier alpha value is -1.46. The van der Waals surface area contributed by atoms with Crippen molar-refractivity contribution in [3.05, 3.63) is 52.4 Å². The van der Waals surface area contributed by atoms with Crippen molar-refractivity contribution in [2.24, 2.45) is 0 Å². The lowest BCUT2D eigenvalue weighted by atomic mass is 10.0. The summed E-state index contributed by atoms with van der Waals surface area (Å²) >= 11 is 3.61. The maximum Gasteiger partial charge on any atom is 0.216 e. The summed E-state index contributed by atoms with van der Waals surface area (Å²) in [6, 6.07) is 10.3. The van der Waals surface area contributed by atoms with Crippen molar-refractivity contribution in [3.8, 4) is 5.88 Å². The lowest BCUT2D eigenvalue weighted by Gasteiger charge is -2.19. The molecule has 1 aromatic heterocycles. The van der Waals surface area contributed by atoms with Gasteiger partial charge in [-0.25, -0.2) is 9.97 Å². The van der Waals surface area contributed by atoms with Crippen LogP contribution >= 0.6 is 15.9 Å². The molecular formula is C16H20BrN3O. The highest BCUT2D eigenvalue weighted by Crippen LogP contribution is 2.24. The monoisotopic (exact) mass is 349 g/mol. The number of halogens is 1. The highest BCUT2D eigenvalue weighted by Gasteiger charge is 2.15. The van der Waals surface area contributed by atoms with Gasteiger partial charge in [0.1, 0.15) is 6.33 Å². The summed E-state index contributed by atoms with van der Waals surface area (Å²) in [5, 5.41) is 3.55. The molecule has 1 N–H and O–H groups in total. The van der Waals surface area contributed by atoms with E-state index in [1.807, 2.05) is 12.1 Å². The molecule has 0 radical (unpaired) electrons. The molecule has 1 unspecified atom stereocenters. The number of nitrogens with zero attached hydrogens (tertiary/aromatic N) is 2. The molecule has 0 amide bonds. The lowest BCUT2D eigenvalue weighted by molar-refractivity contribution is 0.393. The Bertz CT molecular complexity index is 577. The van der Waals surface area contributed by atoms with Gasteiger partial charge in [-0.1, -0.05) is 41.1 Å². The maximum atomic E-state index is 5.20. The number of ether oxygens (including phenoxy) is 1. The Morgan fingerprint density at radius 1 is 1.29 bits per heavy atom. The standard InChI is InChI=1S/C16H20BrN3O/c1-3-8-18-14(9-12-6-4-5-7-13(12)17)15-10-16(21-2)20-11-19-15/h4-7,10-11,14,18H,3,8-9H2,1-2H3. The van der Waals surface area contributed by atoms with Gasteiger partial charge in [-0.2, -0.15) is 0 Å². The van der Waals surface area contributed by atoms with Gasteiger partial charge in [-0.3, -0.25) is 0 Å². The summed E-state index contributed by atoms with van der Waals surface area (Å²) in [7, 11) is 1.62. The minimum Gasteiger partial charge on any atom is -0.481 e. The summed E-state index contributed by atoms with van der Waals surface area (Å²) in [6.07, 6.45) is 3.49. The van der Waals surface area contributed by atoms with Gasteiger partial charge >= 0.3 is 0 Å². The molecule has 0 aliphatic carbocycles. The normalized spacial score (nSPS) is 12.1. The summed E-state index contributed by atoms with van der Waals surface area (Å²) < 4.78 is 6.32. The number of benzene rings is 1. The van der Waals surface area contributed by atoms with Crippen LogP contribution in [0.15, 0.2) is 41.1 Å². The van der Waals surface area contributed by atoms with E-state index in [2.05, 4.69) is 56.3 Å². The number of hydrogen-bond donors (Lipinski definition) is 1. The van der Waals surface area contributed by atoms with E-state index < -0.39 is 0 Å². The van der Waals surface area contributed by atoms with Crippen LogP contribution in [0.25, 0.3) is 0 Å². The quantitative estimate of drug-likeness (QED) is 0.830. The SMILES string of the molecule is CCCNC(Cc1ccccc1Br)c1cc(OC)ncn1. The van der Waals surface area contributed by atoms with Crippen LogP contribution in [0.1, 0.15) is 30.6 Å². The molecule has 1 aromatic carbocycles. The van der Waals surface area contributed by atoms with Gasteiger partial charge in [0.15, 0.2) is 0 Å². The van der Waals surface area contributed by atoms with Gasteiger partial charge in [0, 0.05) is 10.5 Å². The summed E-state index contributed by atoms with van der Waals surface area (Å²) in [5.41, 5.74) is 2.20. The van der Waals surface area contributed by atoms with Gasteiger partial charge in [-0.05, 0) is 31.0 Å². The van der Waals surface area contributed by atoms with Crippen LogP contribution in [0.4, 0.5) is 0 Å². The van der Waals surface area contributed by atoms with Crippen molar-refractivity contribution in [3.63, 3.8) is 0 Å². The van der Waals surface area contributed by atoms with Crippen molar-refractivity contribution in [1.29, 1.82) is 0 Å². The lowest BCUT2D eigenvalue weighted by Crippen LogP contribution is -2.25. The number of hydrogen-bond acceptors (Lipinski definition) is 4. The smallest absolute Gasteiger partial charge is 0.216 e. The zero-order valence-electron chi connectivity index (χ0n) is 12.3. The van der Waals surface area contributed by atoms with Crippen LogP contribution < -0.4 is 10.1 Å². The van der Waals surface area contributed by atoms with E-state index in [1.54, 1.807) is 13.4 Å². The largest absolute Gasteiger partial charge is 0.481 e. The highest BCUT2D eigenvalue weighted by molar-refractivity contribution is 9.10. The van der Waals surface area contributed by atoms with Crippen LogP contribution in [0, 0.1) is 0 Å². The number of aromatic nitrogens is 2. The molecule has 2 rings (SSSR count). The Balaban J connectivity index is 2.23. The first-order valence-electron chi connectivity index (χ1n) is 7.07. The number of methoxy groups -OCH3 is 1. The Morgan fingerprint density at radius 2 is 2.10 bits per heavy atom. The third-order valence-electron chi connectivity index (χ3n) is 3.25. The van der Waals surface area contributed by atoms with Crippen LogP contribution in [0.2, 0.25) is 0 Å². The van der Waals surface area contributed by atoms with E-state index >= 15 is 0 Å². The molecule has 0 spiro atoms. The van der Waals surface area contributed by atoms with Gasteiger partial charge < -0.3 is 10.1 Å². The molecular weight excluding hydrogens is 330 g/mol. The van der Waals surface area contributed by atoms with E-state index in [0.29, 0.717) is 5.88 Å². The Morgan fingerprint density at radius 3 is 2.81 bits per heavy atom. The summed E-state index contributed by atoms with van der Waals surface area (Å²) in [4.78, 5) is 8.47. The fourth-order valence-corrected chi connectivity index (χ4v) is 2.59. The minimum absolute atomic E-state index is 0.139. The molecule has 0 aliphatic rings. The van der Waals surface area contributed by atoms with Crippen molar-refractivity contribution >= 4 is 15.9 Å². The highest BCUT2D eigenvalue weighted by atomic mass is 79.9. The fraction of sp³-hybridized carbons (Fsp3) is 0.375. The molecule has 5 heteroatoms. The topological polar surface area (TPSA) is 47.0 Å².